The van der Waals surface area contributed by atoms with E-state index >= 15 is 0 Å². The molecule has 0 saturated carbocycles. The maximum atomic E-state index is 10.2. The van der Waals surface area contributed by atoms with Gasteiger partial charge in [-0.1, -0.05) is 0 Å². The van der Waals surface area contributed by atoms with E-state index in [-0.39, 0.29) is 12.1 Å². The predicted molar refractivity (Wildman–Crippen MR) is 40.8 cm³/mol. The van der Waals surface area contributed by atoms with Gasteiger partial charge in [-0.05, 0) is 0 Å². The zero-order valence-corrected chi connectivity index (χ0v) is 5.74. The fourth-order valence-electron chi connectivity index (χ4n) is 0.691. The summed E-state index contributed by atoms with van der Waals surface area (Å²) in [5, 5.41) is 15.3. The lowest BCUT2D eigenvalue weighted by Crippen LogP contribution is -2.16. The molecule has 1 rings (SSSR count). The van der Waals surface area contributed by atoms with Crippen LogP contribution in [-0.4, -0.2) is 35.4 Å². The molecule has 0 aliphatic carbocycles. The summed E-state index contributed by atoms with van der Waals surface area (Å²) in [6, 6.07) is 0. The van der Waals surface area contributed by atoms with E-state index in [1.165, 1.54) is 6.34 Å². The molecular formula is C6H7N3O2. The molecule has 0 aromatic heterocycles. The lowest BCUT2D eigenvalue weighted by Gasteiger charge is -1.95. The fraction of sp³-hybridized carbons (Fsp3) is 0.333. The van der Waals surface area contributed by atoms with Crippen molar-refractivity contribution in [2.24, 2.45) is 9.98 Å². The third kappa shape index (κ3) is 1.96. The second kappa shape index (κ2) is 3.05. The summed E-state index contributed by atoms with van der Waals surface area (Å²) in [4.78, 5) is 17.7. The Morgan fingerprint density at radius 2 is 2.55 bits per heavy atom. The second-order valence-corrected chi connectivity index (χ2v) is 2.11. The molecule has 2 N–H and O–H groups in total. The smallest absolute Gasteiger partial charge is 0.349 e. The van der Waals surface area contributed by atoms with Crippen LogP contribution in [0.1, 0.15) is 6.42 Å². The molecule has 0 bridgehead atoms. The molecule has 1 aliphatic heterocycles. The first kappa shape index (κ1) is 7.59. The lowest BCUT2D eigenvalue weighted by atomic mass is 10.2. The van der Waals surface area contributed by atoms with Crippen LogP contribution >= 0.6 is 0 Å². The largest absolute Gasteiger partial charge is 0.477 e. The average molecular weight is 153 g/mol. The van der Waals surface area contributed by atoms with Gasteiger partial charge in [-0.2, -0.15) is 0 Å². The minimum atomic E-state index is -1.19. The SMILES string of the molecule is N=C(CC1=NC=NC1)C(=O)O. The van der Waals surface area contributed by atoms with E-state index in [1.807, 2.05) is 0 Å². The van der Waals surface area contributed by atoms with Gasteiger partial charge in [0.15, 0.2) is 0 Å². The summed E-state index contributed by atoms with van der Waals surface area (Å²) in [5.74, 6) is -1.19. The second-order valence-electron chi connectivity index (χ2n) is 2.11. The molecule has 0 aromatic carbocycles. The average Bonchev–Trinajstić information content (AvgIpc) is 2.39. The molecule has 0 saturated heterocycles. The summed E-state index contributed by atoms with van der Waals surface area (Å²) in [5.41, 5.74) is 0.298. The van der Waals surface area contributed by atoms with Crippen molar-refractivity contribution in [2.75, 3.05) is 6.54 Å². The van der Waals surface area contributed by atoms with Gasteiger partial charge < -0.3 is 5.11 Å². The Labute approximate surface area is 63.0 Å². The first-order chi connectivity index (χ1) is 5.20. The first-order valence-corrected chi connectivity index (χ1v) is 3.04. The van der Waals surface area contributed by atoms with E-state index in [0.717, 1.165) is 0 Å². The summed E-state index contributed by atoms with van der Waals surface area (Å²) in [6.45, 7) is 0.426. The molecule has 0 unspecified atom stereocenters. The van der Waals surface area contributed by atoms with E-state index in [2.05, 4.69) is 9.98 Å². The molecule has 1 aliphatic rings. The highest BCUT2D eigenvalue weighted by atomic mass is 16.4. The number of rotatable bonds is 3. The van der Waals surface area contributed by atoms with Crippen LogP contribution in [0.25, 0.3) is 0 Å². The van der Waals surface area contributed by atoms with Crippen molar-refractivity contribution in [1.29, 1.82) is 5.41 Å². The van der Waals surface area contributed by atoms with Gasteiger partial charge >= 0.3 is 5.97 Å². The molecule has 58 valence electrons. The van der Waals surface area contributed by atoms with E-state index in [4.69, 9.17) is 10.5 Å². The molecule has 11 heavy (non-hydrogen) atoms. The molecule has 0 aromatic rings. The molecule has 0 atom stereocenters. The van der Waals surface area contributed by atoms with Crippen LogP contribution in [0.4, 0.5) is 0 Å². The van der Waals surface area contributed by atoms with Crippen LogP contribution in [0, 0.1) is 5.41 Å². The molecule has 0 amide bonds. The van der Waals surface area contributed by atoms with Crippen molar-refractivity contribution in [1.82, 2.24) is 0 Å². The van der Waals surface area contributed by atoms with Crippen LogP contribution in [0.15, 0.2) is 9.98 Å². The Kier molecular flexibility index (Phi) is 2.10. The Morgan fingerprint density at radius 1 is 1.82 bits per heavy atom. The topological polar surface area (TPSA) is 85.9 Å². The van der Waals surface area contributed by atoms with Crippen molar-refractivity contribution in [3.8, 4) is 0 Å². The third-order valence-corrected chi connectivity index (χ3v) is 1.23. The molecule has 1 heterocycles. The minimum Gasteiger partial charge on any atom is -0.477 e. The highest BCUT2D eigenvalue weighted by Crippen LogP contribution is 1.95. The van der Waals surface area contributed by atoms with Crippen LogP contribution in [0.5, 0.6) is 0 Å². The molecule has 5 nitrogen and oxygen atoms in total. The van der Waals surface area contributed by atoms with Crippen molar-refractivity contribution >= 4 is 23.7 Å². The standard InChI is InChI=1S/C6H7N3O2/c7-5(6(10)11)1-4-2-8-3-9-4/h3,7H,1-2H2,(H,10,11). The number of hydrogen-bond acceptors (Lipinski definition) is 4. The van der Waals surface area contributed by atoms with Crippen LogP contribution in [0.3, 0.4) is 0 Å². The van der Waals surface area contributed by atoms with Crippen molar-refractivity contribution in [2.45, 2.75) is 6.42 Å². The summed E-state index contributed by atoms with van der Waals surface area (Å²) < 4.78 is 0. The monoisotopic (exact) mass is 153 g/mol. The van der Waals surface area contributed by atoms with Crippen molar-refractivity contribution < 1.29 is 9.90 Å². The van der Waals surface area contributed by atoms with Gasteiger partial charge in [-0.15, -0.1) is 0 Å². The fourth-order valence-corrected chi connectivity index (χ4v) is 0.691. The molecule has 0 spiro atoms. The van der Waals surface area contributed by atoms with Crippen LogP contribution < -0.4 is 0 Å². The summed E-state index contributed by atoms with van der Waals surface area (Å²) in [7, 11) is 0. The van der Waals surface area contributed by atoms with E-state index in [1.54, 1.807) is 0 Å². The lowest BCUT2D eigenvalue weighted by molar-refractivity contribution is -0.129. The number of hydrogen-bond donors (Lipinski definition) is 2. The Morgan fingerprint density at radius 3 is 3.00 bits per heavy atom. The molecular weight excluding hydrogens is 146 g/mol. The van der Waals surface area contributed by atoms with E-state index in [0.29, 0.717) is 12.3 Å². The number of nitrogens with zero attached hydrogens (tertiary/aromatic N) is 2. The first-order valence-electron chi connectivity index (χ1n) is 3.04. The van der Waals surface area contributed by atoms with Gasteiger partial charge in [0.25, 0.3) is 0 Å². The summed E-state index contributed by atoms with van der Waals surface area (Å²) >= 11 is 0. The number of aliphatic carboxylic acids is 1. The molecule has 5 heteroatoms. The molecule has 0 fully saturated rings. The van der Waals surface area contributed by atoms with Gasteiger partial charge in [-0.25, -0.2) is 9.79 Å². The van der Waals surface area contributed by atoms with Gasteiger partial charge in [0.1, 0.15) is 12.1 Å². The number of carboxylic acids is 1. The quantitative estimate of drug-likeness (QED) is 0.557. The van der Waals surface area contributed by atoms with Crippen LogP contribution in [-0.2, 0) is 4.79 Å². The highest BCUT2D eigenvalue weighted by Gasteiger charge is 2.11. The maximum Gasteiger partial charge on any atom is 0.349 e. The molecule has 0 radical (unpaired) electrons. The number of carboxylic acid groups (broad SMARTS) is 1. The number of aliphatic imine (C=N–C) groups is 2. The third-order valence-electron chi connectivity index (χ3n) is 1.23. The van der Waals surface area contributed by atoms with Gasteiger partial charge in [0.05, 0.1) is 6.54 Å². The van der Waals surface area contributed by atoms with Gasteiger partial charge in [-0.3, -0.25) is 10.4 Å². The highest BCUT2D eigenvalue weighted by molar-refractivity contribution is 6.38. The normalized spacial score (nSPS) is 14.7. The number of nitrogens with one attached hydrogen (secondary N) is 1. The Hall–Kier alpha value is -1.52. The Balaban J connectivity index is 2.44. The van der Waals surface area contributed by atoms with E-state index in [9.17, 15) is 4.79 Å². The Bertz CT molecular complexity index is 255. The predicted octanol–water partition coefficient (Wildman–Crippen LogP) is -0.0362. The van der Waals surface area contributed by atoms with Crippen LogP contribution in [0.2, 0.25) is 0 Å². The number of carbonyl (C=O) groups is 1. The zero-order valence-electron chi connectivity index (χ0n) is 5.74. The zero-order chi connectivity index (χ0) is 8.27. The summed E-state index contributed by atoms with van der Waals surface area (Å²) in [6.07, 6.45) is 1.47. The van der Waals surface area contributed by atoms with Crippen molar-refractivity contribution in [3.05, 3.63) is 0 Å². The van der Waals surface area contributed by atoms with Crippen molar-refractivity contribution in [3.63, 3.8) is 0 Å². The maximum absolute atomic E-state index is 10.2. The van der Waals surface area contributed by atoms with Gasteiger partial charge in [0, 0.05) is 12.1 Å². The van der Waals surface area contributed by atoms with Gasteiger partial charge in [0.2, 0.25) is 0 Å². The van der Waals surface area contributed by atoms with E-state index < -0.39 is 5.97 Å². The minimum absolute atomic E-state index is 0.0926.